The molecular formula is C88H143N19O7. The number of carbonyl (C=O) groups excluding carboxylic acids is 3. The third kappa shape index (κ3) is 42.6. The molecule has 4 N–H and O–H groups in total. The molecule has 0 aromatic carbocycles. The van der Waals surface area contributed by atoms with Crippen LogP contribution in [0.5, 0.6) is 6.01 Å². The second-order valence-electron chi connectivity index (χ2n) is 32.8. The topological polar surface area (TPSA) is 306 Å². The average Bonchev–Trinajstić information content (AvgIpc) is 1.65. The summed E-state index contributed by atoms with van der Waals surface area (Å²) in [4.78, 5) is 112. The molecule has 0 radical (unpaired) electrons. The number of aromatic amines is 1. The molecule has 0 saturated heterocycles. The molecule has 114 heavy (non-hydrogen) atoms. The summed E-state index contributed by atoms with van der Waals surface area (Å²) in [7, 11) is 0. The van der Waals surface area contributed by atoms with Gasteiger partial charge in [0.05, 0.1) is 25.0 Å². The van der Waals surface area contributed by atoms with E-state index in [1.165, 1.54) is 96.8 Å². The van der Waals surface area contributed by atoms with Gasteiger partial charge in [0.15, 0.2) is 16.8 Å². The van der Waals surface area contributed by atoms with E-state index in [9.17, 15) is 28.8 Å². The predicted molar refractivity (Wildman–Crippen MR) is 464 cm³/mol. The van der Waals surface area contributed by atoms with Crippen molar-refractivity contribution in [1.29, 1.82) is 0 Å². The molecular weight excluding hydrogens is 1440 g/mol. The first-order valence-corrected chi connectivity index (χ1v) is 41.9. The van der Waals surface area contributed by atoms with E-state index in [1.807, 2.05) is 75.4 Å². The number of aryl methyl sites for hydroxylation is 8. The summed E-state index contributed by atoms with van der Waals surface area (Å²) in [6.07, 6.45) is 40.4. The maximum atomic E-state index is 11.7. The molecule has 9 heterocycles. The highest BCUT2D eigenvalue weighted by molar-refractivity contribution is 5.87. The van der Waals surface area contributed by atoms with E-state index in [1.54, 1.807) is 57.0 Å². The first kappa shape index (κ1) is 98.7. The van der Waals surface area contributed by atoms with E-state index in [-0.39, 0.29) is 34.9 Å². The quantitative estimate of drug-likeness (QED) is 0.0263. The highest BCUT2D eigenvalue weighted by Gasteiger charge is 2.19. The molecule has 26 nitrogen and oxygen atoms in total. The Morgan fingerprint density at radius 2 is 0.904 bits per heavy atom. The zero-order valence-electron chi connectivity index (χ0n) is 73.2. The van der Waals surface area contributed by atoms with Crippen LogP contribution >= 0.6 is 0 Å². The van der Waals surface area contributed by atoms with Crippen LogP contribution in [0.3, 0.4) is 0 Å². The summed E-state index contributed by atoms with van der Waals surface area (Å²) in [5.41, 5.74) is 7.55. The van der Waals surface area contributed by atoms with Gasteiger partial charge >= 0.3 is 29.5 Å². The molecule has 632 valence electrons. The van der Waals surface area contributed by atoms with Gasteiger partial charge in [0, 0.05) is 100.0 Å². The molecule has 0 aliphatic carbocycles. The molecule has 0 spiro atoms. The summed E-state index contributed by atoms with van der Waals surface area (Å²) in [5.74, 6) is 6.19. The summed E-state index contributed by atoms with van der Waals surface area (Å²) in [6.45, 7) is 55.1. The number of imidazole rings is 2. The minimum absolute atomic E-state index is 0.0554. The highest BCUT2D eigenvalue weighted by Crippen LogP contribution is 2.19. The van der Waals surface area contributed by atoms with Crippen LogP contribution in [0.4, 0.5) is 15.4 Å². The van der Waals surface area contributed by atoms with Gasteiger partial charge in [-0.05, 0) is 157 Å². The van der Waals surface area contributed by atoms with Crippen LogP contribution in [0.1, 0.15) is 269 Å². The Bertz CT molecular complexity index is 4140. The summed E-state index contributed by atoms with van der Waals surface area (Å²) in [5, 5.41) is 8.03. The fourth-order valence-electron chi connectivity index (χ4n) is 11.8. The number of urea groups is 2. The number of rotatable bonds is 37. The van der Waals surface area contributed by atoms with Crippen molar-refractivity contribution in [3.63, 3.8) is 0 Å². The Labute approximate surface area is 681 Å². The monoisotopic (exact) mass is 1580 g/mol. The van der Waals surface area contributed by atoms with Crippen molar-refractivity contribution in [3.05, 3.63) is 159 Å². The smallest absolute Gasteiger partial charge is 0.347 e. The molecule has 2 aliphatic heterocycles. The van der Waals surface area contributed by atoms with Gasteiger partial charge in [-0.25, -0.2) is 49.1 Å². The molecule has 7 aromatic heterocycles. The lowest BCUT2D eigenvalue weighted by Crippen LogP contribution is -2.40. The van der Waals surface area contributed by atoms with Gasteiger partial charge in [-0.3, -0.25) is 18.7 Å². The van der Waals surface area contributed by atoms with Crippen LogP contribution < -0.4 is 37.6 Å². The average molecular weight is 1580 g/mol. The van der Waals surface area contributed by atoms with Gasteiger partial charge < -0.3 is 44.6 Å². The number of H-pyrrole nitrogens is 1. The molecule has 0 bridgehead atoms. The molecule has 0 atom stereocenters. The van der Waals surface area contributed by atoms with Crippen LogP contribution in [-0.2, 0) is 31.0 Å². The lowest BCUT2D eigenvalue weighted by molar-refractivity contribution is -0.114. The molecule has 0 saturated carbocycles. The van der Waals surface area contributed by atoms with E-state index >= 15 is 0 Å². The van der Waals surface area contributed by atoms with Crippen LogP contribution in [0.25, 0.3) is 22.3 Å². The zero-order chi connectivity index (χ0) is 84.7. The number of aromatic nitrogens is 14. The Balaban J connectivity index is 0.000000345. The zero-order valence-corrected chi connectivity index (χ0v) is 73.2. The third-order valence-corrected chi connectivity index (χ3v) is 18.5. The highest BCUT2D eigenvalue weighted by atomic mass is 16.5. The van der Waals surface area contributed by atoms with Crippen molar-refractivity contribution in [2.45, 2.75) is 299 Å². The molecule has 9 rings (SSSR count). The van der Waals surface area contributed by atoms with Gasteiger partial charge in [0.25, 0.3) is 5.56 Å². The van der Waals surface area contributed by atoms with Crippen LogP contribution in [0.2, 0.25) is 0 Å². The Morgan fingerprint density at radius 3 is 1.36 bits per heavy atom. The number of allylic oxidation sites excluding steroid dienone is 2. The Morgan fingerprint density at radius 1 is 0.474 bits per heavy atom. The number of anilines is 1. The third-order valence-electron chi connectivity index (χ3n) is 18.5. The fraction of sp³-hybridized carbons (Fsp3) is 0.625. The summed E-state index contributed by atoms with van der Waals surface area (Å²) in [6, 6.07) is 5.58. The van der Waals surface area contributed by atoms with Crippen molar-refractivity contribution in [1.82, 2.24) is 88.5 Å². The SMILES string of the molecule is C=C1C=CN(CCCCC(C)C)C(=O)N1.C=C1NC(=O)N(CCCCC(C)C)C=C1C.CC(=O)Nc1ccnc(OCCCCC(C)C)n1.Cc1ccn(CCCCC(C)C)c(=O)n1.Cc1ccn(CCCCC(C)C)c(=O)n1.Cc1nc2c(ncn2CCCCC(C)C)c(=O)[nH]1.Cc1ncnc2c1ncn2CCCCC(C)C. The van der Waals surface area contributed by atoms with Gasteiger partial charge in [-0.1, -0.05) is 194 Å². The molecule has 0 unspecified atom stereocenters. The van der Waals surface area contributed by atoms with Crippen molar-refractivity contribution >= 4 is 46.1 Å². The lowest BCUT2D eigenvalue weighted by Gasteiger charge is -2.26. The number of fused-ring (bicyclic) bond motifs is 2. The van der Waals surface area contributed by atoms with Crippen LogP contribution in [0, 0.1) is 69.1 Å². The number of amides is 5. The Kier molecular flexibility index (Phi) is 47.7. The second-order valence-corrected chi connectivity index (χ2v) is 32.8. The van der Waals surface area contributed by atoms with Gasteiger partial charge in [0.2, 0.25) is 5.91 Å². The van der Waals surface area contributed by atoms with E-state index in [0.29, 0.717) is 46.8 Å². The van der Waals surface area contributed by atoms with Crippen LogP contribution in [-0.4, -0.2) is 116 Å². The van der Waals surface area contributed by atoms with Crippen LogP contribution in [0.15, 0.2) is 119 Å². The number of nitrogens with one attached hydrogen (secondary N) is 4. The predicted octanol–water partition coefficient (Wildman–Crippen LogP) is 18.7. The first-order chi connectivity index (χ1) is 54.1. The van der Waals surface area contributed by atoms with Gasteiger partial charge in [-0.2, -0.15) is 15.0 Å². The minimum Gasteiger partial charge on any atom is -0.463 e. The number of unbranched alkanes of at least 4 members (excludes halogenated alkanes) is 7. The minimum atomic E-state index is -0.156. The van der Waals surface area contributed by atoms with Crippen molar-refractivity contribution in [2.24, 2.45) is 41.4 Å². The molecule has 7 aromatic rings. The normalized spacial score (nSPS) is 12.5. The van der Waals surface area contributed by atoms with Gasteiger partial charge in [0.1, 0.15) is 23.5 Å². The molecule has 5 amide bonds. The largest absolute Gasteiger partial charge is 0.463 e. The molecule has 26 heteroatoms. The second kappa shape index (κ2) is 55.1. The molecule has 0 fully saturated rings. The van der Waals surface area contributed by atoms with E-state index in [4.69, 9.17) is 4.74 Å². The number of carbonyl (C=O) groups is 3. The van der Waals surface area contributed by atoms with E-state index in [2.05, 4.69) is 180 Å². The summed E-state index contributed by atoms with van der Waals surface area (Å²) < 4.78 is 12.9. The molecule has 2 aliphatic rings. The first-order valence-electron chi connectivity index (χ1n) is 41.9. The van der Waals surface area contributed by atoms with Crippen molar-refractivity contribution in [3.8, 4) is 6.01 Å². The number of hydrogen-bond acceptors (Lipinski definition) is 16. The maximum Gasteiger partial charge on any atom is 0.347 e. The number of ether oxygens (including phenoxy) is 1. The van der Waals surface area contributed by atoms with Gasteiger partial charge in [-0.15, -0.1) is 0 Å². The fourth-order valence-corrected chi connectivity index (χ4v) is 11.8. The standard InChI is InChI=1S/C13H20N4O.C13H20N4.C13H21N3O2.C13H22N2O.3C12H20N2O/c1-9(2)6-4-5-7-17-8-14-11-12(17)15-10(3)16-13(11)18;1-10(2)6-4-5-7-17-9-16-12-11(3)14-8-15-13(12)17;1-10(2)6-4-5-9-18-13-14-8-7-12(16-13)15-11(3)17;1-10(2)7-5-6-8-15-9-11(3)12(4)14-13(15)16;3*1-10(2)6-4-5-8-14-9-7-11(3)13-12(14)15/h8-9H,4-7H2,1-3H3,(H,15,16,18);8-10H,4-7H2,1-3H3;7-8,10H,4-6,9H2,1-3H3,(H,14,15,16,17);9-10H,4-8H2,1-3H3,(H,14,16);2*7,9-10H,4-6,8H2,1-3H3;7,9-10H,3-6,8H2,1-2H3,(H,13,15). The number of nitrogens with zero attached hydrogens (tertiary/aromatic N) is 15. The maximum absolute atomic E-state index is 11.7. The van der Waals surface area contributed by atoms with E-state index < -0.39 is 0 Å². The van der Waals surface area contributed by atoms with E-state index in [0.717, 1.165) is 159 Å². The Hall–Kier alpha value is -9.49. The van der Waals surface area contributed by atoms with Crippen molar-refractivity contribution < 1.29 is 19.1 Å². The number of hydrogen-bond donors (Lipinski definition) is 4. The lowest BCUT2D eigenvalue weighted by atomic mass is 10.1. The van der Waals surface area contributed by atoms with Crippen molar-refractivity contribution in [2.75, 3.05) is 25.0 Å². The summed E-state index contributed by atoms with van der Waals surface area (Å²) >= 11 is 0.